The molecule has 0 radical (unpaired) electrons. The molecule has 0 spiro atoms. The van der Waals surface area contributed by atoms with E-state index in [1.807, 2.05) is 0 Å². The Bertz CT molecular complexity index is 959. The highest BCUT2D eigenvalue weighted by atomic mass is 35.5. The molecule has 0 unspecified atom stereocenters. The van der Waals surface area contributed by atoms with E-state index in [0.29, 0.717) is 23.5 Å². The van der Waals surface area contributed by atoms with Crippen LogP contribution in [0.2, 0.25) is 5.15 Å². The van der Waals surface area contributed by atoms with Crippen LogP contribution in [0.25, 0.3) is 11.4 Å². The molecular weight excluding hydrogens is 371 g/mol. The lowest BCUT2D eigenvalue weighted by Crippen LogP contribution is -2.30. The standard InChI is InChI=1S/C16H15ClF3N5O/c1-16(2,26-12-10(19)5-8(18)6-11(12)20)15-22-21-14(25(15)4)9-7-24(3)23-13(9)17/h5-7H,1-4H3. The fraction of sp³-hybridized carbons (Fsp3) is 0.312. The molecule has 2 aromatic heterocycles. The van der Waals surface area contributed by atoms with Gasteiger partial charge >= 0.3 is 0 Å². The first-order valence-corrected chi connectivity index (χ1v) is 7.91. The van der Waals surface area contributed by atoms with Gasteiger partial charge in [0.1, 0.15) is 5.82 Å². The number of hydrogen-bond donors (Lipinski definition) is 0. The molecule has 26 heavy (non-hydrogen) atoms. The molecule has 0 aliphatic heterocycles. The highest BCUT2D eigenvalue weighted by Crippen LogP contribution is 2.33. The number of rotatable bonds is 4. The number of hydrogen-bond acceptors (Lipinski definition) is 4. The van der Waals surface area contributed by atoms with Gasteiger partial charge in [-0.25, -0.2) is 13.2 Å². The molecule has 0 saturated carbocycles. The van der Waals surface area contributed by atoms with Gasteiger partial charge in [-0.2, -0.15) is 5.10 Å². The maximum absolute atomic E-state index is 13.9. The fourth-order valence-electron chi connectivity index (χ4n) is 2.63. The number of halogens is 4. The average molecular weight is 386 g/mol. The van der Waals surface area contributed by atoms with Gasteiger partial charge in [0.15, 0.2) is 39.8 Å². The number of aryl methyl sites for hydroxylation is 1. The Morgan fingerprint density at radius 2 is 1.69 bits per heavy atom. The van der Waals surface area contributed by atoms with Crippen molar-refractivity contribution in [3.8, 4) is 17.1 Å². The first-order chi connectivity index (χ1) is 12.1. The minimum Gasteiger partial charge on any atom is -0.474 e. The zero-order valence-electron chi connectivity index (χ0n) is 14.4. The van der Waals surface area contributed by atoms with E-state index in [-0.39, 0.29) is 11.0 Å². The molecule has 138 valence electrons. The second-order valence-electron chi connectivity index (χ2n) is 6.22. The fourth-order valence-corrected chi connectivity index (χ4v) is 2.88. The first-order valence-electron chi connectivity index (χ1n) is 7.53. The highest BCUT2D eigenvalue weighted by Gasteiger charge is 2.33. The van der Waals surface area contributed by atoms with Crippen LogP contribution in [0.5, 0.6) is 5.75 Å². The van der Waals surface area contributed by atoms with Gasteiger partial charge in [0.2, 0.25) is 0 Å². The molecule has 0 aliphatic carbocycles. The highest BCUT2D eigenvalue weighted by molar-refractivity contribution is 6.31. The van der Waals surface area contributed by atoms with E-state index in [1.165, 1.54) is 4.68 Å². The van der Waals surface area contributed by atoms with Crippen molar-refractivity contribution in [1.82, 2.24) is 24.5 Å². The van der Waals surface area contributed by atoms with Gasteiger partial charge in [0.05, 0.1) is 5.56 Å². The summed E-state index contributed by atoms with van der Waals surface area (Å²) in [6, 6.07) is 1.10. The Balaban J connectivity index is 2.00. The number of nitrogens with zero attached hydrogens (tertiary/aromatic N) is 5. The molecule has 0 bridgehead atoms. The molecule has 0 N–H and O–H groups in total. The van der Waals surface area contributed by atoms with Crippen molar-refractivity contribution >= 4 is 11.6 Å². The zero-order chi connectivity index (χ0) is 19.2. The molecule has 2 heterocycles. The third kappa shape index (κ3) is 3.14. The summed E-state index contributed by atoms with van der Waals surface area (Å²) in [4.78, 5) is 0. The van der Waals surface area contributed by atoms with E-state index in [1.54, 1.807) is 38.7 Å². The topological polar surface area (TPSA) is 57.8 Å². The van der Waals surface area contributed by atoms with Crippen molar-refractivity contribution in [3.05, 3.63) is 46.8 Å². The van der Waals surface area contributed by atoms with Crippen LogP contribution in [-0.4, -0.2) is 24.5 Å². The lowest BCUT2D eigenvalue weighted by Gasteiger charge is -2.26. The number of benzene rings is 1. The molecule has 0 amide bonds. The quantitative estimate of drug-likeness (QED) is 0.688. The average Bonchev–Trinajstić information content (AvgIpc) is 3.05. The van der Waals surface area contributed by atoms with E-state index >= 15 is 0 Å². The minimum absolute atomic E-state index is 0.240. The van der Waals surface area contributed by atoms with Gasteiger partial charge in [0, 0.05) is 32.4 Å². The first kappa shape index (κ1) is 18.2. The predicted molar refractivity (Wildman–Crippen MR) is 88.2 cm³/mol. The monoisotopic (exact) mass is 385 g/mol. The van der Waals surface area contributed by atoms with E-state index < -0.39 is 28.8 Å². The van der Waals surface area contributed by atoms with Gasteiger partial charge in [0.25, 0.3) is 0 Å². The Labute approximate surface area is 152 Å². The van der Waals surface area contributed by atoms with E-state index in [4.69, 9.17) is 16.3 Å². The minimum atomic E-state index is -1.27. The van der Waals surface area contributed by atoms with Crippen LogP contribution in [0, 0.1) is 17.5 Å². The van der Waals surface area contributed by atoms with Crippen LogP contribution in [-0.2, 0) is 19.7 Å². The van der Waals surface area contributed by atoms with Crippen molar-refractivity contribution in [2.75, 3.05) is 0 Å². The molecule has 6 nitrogen and oxygen atoms in total. The zero-order valence-corrected chi connectivity index (χ0v) is 15.1. The van der Waals surface area contributed by atoms with E-state index in [9.17, 15) is 13.2 Å². The maximum atomic E-state index is 13.9. The molecule has 3 aromatic rings. The van der Waals surface area contributed by atoms with Gasteiger partial charge in [-0.3, -0.25) is 4.68 Å². The summed E-state index contributed by atoms with van der Waals surface area (Å²) in [7, 11) is 3.37. The van der Waals surface area contributed by atoms with Gasteiger partial charge in [-0.15, -0.1) is 10.2 Å². The predicted octanol–water partition coefficient (Wildman–Crippen LogP) is 3.60. The molecular formula is C16H15ClF3N5O. The molecule has 0 atom stereocenters. The van der Waals surface area contributed by atoms with Crippen LogP contribution in [0.15, 0.2) is 18.3 Å². The smallest absolute Gasteiger partial charge is 0.192 e. The van der Waals surface area contributed by atoms with Crippen LogP contribution in [0.4, 0.5) is 13.2 Å². The SMILES string of the molecule is Cn1cc(-c2nnc(C(C)(C)Oc3c(F)cc(F)cc3F)n2C)c(Cl)n1. The molecule has 0 aliphatic rings. The molecule has 0 fully saturated rings. The van der Waals surface area contributed by atoms with Crippen molar-refractivity contribution < 1.29 is 17.9 Å². The summed E-state index contributed by atoms with van der Waals surface area (Å²) < 4.78 is 49.5. The normalized spacial score (nSPS) is 11.8. The largest absolute Gasteiger partial charge is 0.474 e. The van der Waals surface area contributed by atoms with E-state index in [0.717, 1.165) is 0 Å². The molecule has 3 rings (SSSR count). The number of ether oxygens (including phenoxy) is 1. The Kier molecular flexibility index (Phi) is 4.43. The van der Waals surface area contributed by atoms with Crippen LogP contribution in [0.3, 0.4) is 0 Å². The summed E-state index contributed by atoms with van der Waals surface area (Å²) in [5.74, 6) is -3.32. The lowest BCUT2D eigenvalue weighted by atomic mass is 10.1. The molecule has 0 saturated heterocycles. The van der Waals surface area contributed by atoms with Gasteiger partial charge in [-0.05, 0) is 13.8 Å². The third-order valence-corrected chi connectivity index (χ3v) is 4.04. The van der Waals surface area contributed by atoms with Crippen molar-refractivity contribution in [2.24, 2.45) is 14.1 Å². The summed E-state index contributed by atoms with van der Waals surface area (Å²) in [6.45, 7) is 3.13. The van der Waals surface area contributed by atoms with Crippen LogP contribution < -0.4 is 4.74 Å². The second kappa shape index (κ2) is 6.31. The van der Waals surface area contributed by atoms with Crippen LogP contribution in [0.1, 0.15) is 19.7 Å². The summed E-state index contributed by atoms with van der Waals surface area (Å²) >= 11 is 6.08. The third-order valence-electron chi connectivity index (χ3n) is 3.76. The number of aromatic nitrogens is 5. The van der Waals surface area contributed by atoms with Crippen molar-refractivity contribution in [3.63, 3.8) is 0 Å². The van der Waals surface area contributed by atoms with E-state index in [2.05, 4.69) is 15.3 Å². The molecule has 10 heteroatoms. The summed E-state index contributed by atoms with van der Waals surface area (Å²) in [5, 5.41) is 12.4. The lowest BCUT2D eigenvalue weighted by molar-refractivity contribution is 0.0833. The Morgan fingerprint density at radius 1 is 1.08 bits per heavy atom. The van der Waals surface area contributed by atoms with Gasteiger partial charge < -0.3 is 9.30 Å². The summed E-state index contributed by atoms with van der Waals surface area (Å²) in [6.07, 6.45) is 1.67. The molecule has 1 aromatic carbocycles. The Hall–Kier alpha value is -2.55. The maximum Gasteiger partial charge on any atom is 0.192 e. The van der Waals surface area contributed by atoms with Gasteiger partial charge in [-0.1, -0.05) is 11.6 Å². The second-order valence-corrected chi connectivity index (χ2v) is 6.58. The van der Waals surface area contributed by atoms with Crippen molar-refractivity contribution in [1.29, 1.82) is 0 Å². The van der Waals surface area contributed by atoms with Crippen LogP contribution >= 0.6 is 11.6 Å². The van der Waals surface area contributed by atoms with Crippen molar-refractivity contribution in [2.45, 2.75) is 19.4 Å². The Morgan fingerprint density at radius 3 is 2.23 bits per heavy atom. The summed E-state index contributed by atoms with van der Waals surface area (Å²) in [5.41, 5.74) is -0.723.